The third-order valence-electron chi connectivity index (χ3n) is 3.71. The number of fused-ring (bicyclic) bond motifs is 1. The SMILES string of the molecule is NC1=NC2C=CC(c3cccnc3-c3cccc(Cl)c3)=NC2S1. The lowest BCUT2D eigenvalue weighted by Crippen LogP contribution is -2.20. The van der Waals surface area contributed by atoms with E-state index in [4.69, 9.17) is 22.3 Å². The smallest absolute Gasteiger partial charge is 0.156 e. The van der Waals surface area contributed by atoms with Crippen LogP contribution in [0.2, 0.25) is 5.02 Å². The second-order valence-corrected chi connectivity index (χ2v) is 6.82. The van der Waals surface area contributed by atoms with Gasteiger partial charge in [-0.25, -0.2) is 0 Å². The molecule has 0 spiro atoms. The lowest BCUT2D eigenvalue weighted by atomic mass is 10.00. The zero-order valence-electron chi connectivity index (χ0n) is 12.1. The Bertz CT molecular complexity index is 859. The first kappa shape index (κ1) is 14.5. The number of dihydropyridines is 1. The van der Waals surface area contributed by atoms with Gasteiger partial charge in [0.2, 0.25) is 0 Å². The van der Waals surface area contributed by atoms with Crippen molar-refractivity contribution < 1.29 is 0 Å². The number of hydrogen-bond donors (Lipinski definition) is 1. The lowest BCUT2D eigenvalue weighted by molar-refractivity contribution is 0.786. The predicted octanol–water partition coefficient (Wildman–Crippen LogP) is 3.52. The van der Waals surface area contributed by atoms with Crippen LogP contribution < -0.4 is 5.73 Å². The first-order valence-electron chi connectivity index (χ1n) is 7.18. The van der Waals surface area contributed by atoms with E-state index in [2.05, 4.69) is 16.1 Å². The van der Waals surface area contributed by atoms with Crippen molar-refractivity contribution in [1.29, 1.82) is 0 Å². The van der Waals surface area contributed by atoms with Crippen LogP contribution >= 0.6 is 23.4 Å². The summed E-state index contributed by atoms with van der Waals surface area (Å²) in [5.74, 6) is 0. The first-order valence-corrected chi connectivity index (χ1v) is 8.44. The number of nitrogens with two attached hydrogens (primary N) is 1. The van der Waals surface area contributed by atoms with Gasteiger partial charge in [-0.2, -0.15) is 0 Å². The Balaban J connectivity index is 1.77. The summed E-state index contributed by atoms with van der Waals surface area (Å²) >= 11 is 7.62. The van der Waals surface area contributed by atoms with Crippen molar-refractivity contribution in [3.05, 3.63) is 65.3 Å². The molecule has 2 atom stereocenters. The second kappa shape index (κ2) is 5.83. The number of rotatable bonds is 2. The van der Waals surface area contributed by atoms with Gasteiger partial charge < -0.3 is 5.73 Å². The van der Waals surface area contributed by atoms with Gasteiger partial charge in [-0.05, 0) is 30.3 Å². The van der Waals surface area contributed by atoms with Crippen molar-refractivity contribution in [2.45, 2.75) is 11.4 Å². The van der Waals surface area contributed by atoms with Crippen molar-refractivity contribution in [3.8, 4) is 11.3 Å². The van der Waals surface area contributed by atoms with Crippen LogP contribution in [0.5, 0.6) is 0 Å². The van der Waals surface area contributed by atoms with E-state index in [0.29, 0.717) is 10.2 Å². The van der Waals surface area contributed by atoms with Crippen LogP contribution in [0.3, 0.4) is 0 Å². The van der Waals surface area contributed by atoms with Crippen LogP contribution in [0.15, 0.2) is 64.7 Å². The van der Waals surface area contributed by atoms with Gasteiger partial charge in [-0.15, -0.1) is 0 Å². The minimum absolute atomic E-state index is 0.0161. The number of pyridine rings is 1. The highest BCUT2D eigenvalue weighted by atomic mass is 35.5. The predicted molar refractivity (Wildman–Crippen MR) is 97.1 cm³/mol. The molecule has 3 heterocycles. The van der Waals surface area contributed by atoms with Crippen molar-refractivity contribution >= 4 is 34.2 Å². The Morgan fingerprint density at radius 2 is 2.04 bits per heavy atom. The van der Waals surface area contributed by atoms with Gasteiger partial charge in [0.05, 0.1) is 11.4 Å². The molecular weight excluding hydrogens is 328 g/mol. The quantitative estimate of drug-likeness (QED) is 0.909. The Hall–Kier alpha value is -2.11. The molecule has 114 valence electrons. The Labute approximate surface area is 143 Å². The van der Waals surface area contributed by atoms with Crippen LogP contribution in [0.25, 0.3) is 11.3 Å². The van der Waals surface area contributed by atoms with Gasteiger partial charge in [0, 0.05) is 22.3 Å². The maximum Gasteiger partial charge on any atom is 0.156 e. The topological polar surface area (TPSA) is 63.6 Å². The van der Waals surface area contributed by atoms with Gasteiger partial charge in [0.1, 0.15) is 11.4 Å². The number of amidine groups is 1. The molecule has 0 fully saturated rings. The maximum atomic E-state index is 6.12. The number of aromatic nitrogens is 1. The number of allylic oxidation sites excluding steroid dienone is 1. The molecule has 2 N–H and O–H groups in total. The number of thioether (sulfide) groups is 1. The fourth-order valence-corrected chi connectivity index (χ4v) is 3.76. The zero-order chi connectivity index (χ0) is 15.8. The molecule has 1 aromatic carbocycles. The number of hydrogen-bond acceptors (Lipinski definition) is 5. The number of nitrogens with zero attached hydrogens (tertiary/aromatic N) is 3. The van der Waals surface area contributed by atoms with Gasteiger partial charge in [0.15, 0.2) is 5.17 Å². The second-order valence-electron chi connectivity index (χ2n) is 5.25. The molecule has 6 heteroatoms. The molecule has 2 unspecified atom stereocenters. The maximum absolute atomic E-state index is 6.12. The largest absolute Gasteiger partial charge is 0.378 e. The number of benzene rings is 1. The fourth-order valence-electron chi connectivity index (χ4n) is 2.68. The average molecular weight is 341 g/mol. The number of aliphatic imine (C=N–C) groups is 2. The summed E-state index contributed by atoms with van der Waals surface area (Å²) in [7, 11) is 0. The molecule has 2 aliphatic heterocycles. The van der Waals surface area contributed by atoms with Crippen LogP contribution in [0, 0.1) is 0 Å². The fraction of sp³-hybridized carbons (Fsp3) is 0.118. The zero-order valence-corrected chi connectivity index (χ0v) is 13.6. The van der Waals surface area contributed by atoms with Crippen molar-refractivity contribution in [2.24, 2.45) is 15.7 Å². The summed E-state index contributed by atoms with van der Waals surface area (Å²) in [6, 6.07) is 11.7. The Kier molecular flexibility index (Phi) is 3.67. The molecule has 0 aliphatic carbocycles. The minimum Gasteiger partial charge on any atom is -0.378 e. The summed E-state index contributed by atoms with van der Waals surface area (Å²) in [6.07, 6.45) is 5.82. The van der Waals surface area contributed by atoms with E-state index in [1.807, 2.05) is 42.5 Å². The van der Waals surface area contributed by atoms with Crippen LogP contribution in [0.4, 0.5) is 0 Å². The van der Waals surface area contributed by atoms with Crippen LogP contribution in [-0.4, -0.2) is 27.3 Å². The lowest BCUT2D eigenvalue weighted by Gasteiger charge is -2.17. The van der Waals surface area contributed by atoms with E-state index < -0.39 is 0 Å². The first-order chi connectivity index (χ1) is 11.2. The van der Waals surface area contributed by atoms with Crippen molar-refractivity contribution in [2.75, 3.05) is 0 Å². The summed E-state index contributed by atoms with van der Waals surface area (Å²) in [4.78, 5) is 13.7. The Morgan fingerprint density at radius 1 is 1.13 bits per heavy atom. The van der Waals surface area contributed by atoms with Crippen LogP contribution in [-0.2, 0) is 0 Å². The molecule has 0 saturated heterocycles. The molecule has 0 saturated carbocycles. The van der Waals surface area contributed by atoms with Crippen molar-refractivity contribution in [3.63, 3.8) is 0 Å². The summed E-state index contributed by atoms with van der Waals surface area (Å²) < 4.78 is 0. The molecule has 4 rings (SSSR count). The molecule has 0 bridgehead atoms. The Morgan fingerprint density at radius 3 is 2.91 bits per heavy atom. The van der Waals surface area contributed by atoms with Crippen molar-refractivity contribution in [1.82, 2.24) is 4.98 Å². The molecule has 2 aliphatic rings. The minimum atomic E-state index is 0.0161. The highest BCUT2D eigenvalue weighted by Gasteiger charge is 2.30. The monoisotopic (exact) mass is 340 g/mol. The molecule has 1 aromatic heterocycles. The van der Waals surface area contributed by atoms with Crippen LogP contribution in [0.1, 0.15) is 5.56 Å². The highest BCUT2D eigenvalue weighted by molar-refractivity contribution is 8.14. The average Bonchev–Trinajstić information content (AvgIpc) is 2.94. The third-order valence-corrected chi connectivity index (χ3v) is 4.92. The van der Waals surface area contributed by atoms with Gasteiger partial charge >= 0.3 is 0 Å². The van der Waals surface area contributed by atoms with E-state index in [1.54, 1.807) is 6.20 Å². The third kappa shape index (κ3) is 2.78. The van der Waals surface area contributed by atoms with E-state index >= 15 is 0 Å². The molecule has 23 heavy (non-hydrogen) atoms. The molecule has 0 amide bonds. The van der Waals surface area contributed by atoms with Gasteiger partial charge in [-0.3, -0.25) is 15.0 Å². The normalized spacial score (nSPS) is 22.5. The summed E-state index contributed by atoms with van der Waals surface area (Å²) in [5.41, 5.74) is 9.52. The summed E-state index contributed by atoms with van der Waals surface area (Å²) in [5, 5.41) is 1.30. The van der Waals surface area contributed by atoms with E-state index in [9.17, 15) is 0 Å². The molecular formula is C17H13ClN4S. The standard InChI is InChI=1S/C17H13ClN4S/c18-11-4-1-3-10(9-11)15-12(5-2-8-20-15)13-6-7-14-16(21-13)23-17(19)22-14/h1-9,14,16H,(H2,19,22). The van der Waals surface area contributed by atoms with E-state index in [-0.39, 0.29) is 11.4 Å². The molecule has 0 radical (unpaired) electrons. The van der Waals surface area contributed by atoms with Gasteiger partial charge in [0.25, 0.3) is 0 Å². The molecule has 2 aromatic rings. The van der Waals surface area contributed by atoms with Gasteiger partial charge in [-0.1, -0.05) is 41.6 Å². The number of halogens is 1. The van der Waals surface area contributed by atoms with E-state index in [1.165, 1.54) is 11.8 Å². The van der Waals surface area contributed by atoms with E-state index in [0.717, 1.165) is 22.5 Å². The highest BCUT2D eigenvalue weighted by Crippen LogP contribution is 2.32. The molecule has 4 nitrogen and oxygen atoms in total. The summed E-state index contributed by atoms with van der Waals surface area (Å²) in [6.45, 7) is 0.